The van der Waals surface area contributed by atoms with Crippen LogP contribution in [-0.4, -0.2) is 12.0 Å². The molecule has 0 saturated carbocycles. The predicted octanol–water partition coefficient (Wildman–Crippen LogP) is 1.78. The zero-order chi connectivity index (χ0) is 9.84. The number of hydrogen-bond donors (Lipinski definition) is 0. The number of rotatable bonds is 3. The molecule has 4 nitrogen and oxygen atoms in total. The molecule has 70 valence electrons. The van der Waals surface area contributed by atoms with Gasteiger partial charge in [-0.05, 0) is 19.1 Å². The predicted molar refractivity (Wildman–Crippen MR) is 48.4 cm³/mol. The zero-order valence-corrected chi connectivity index (χ0v) is 7.61. The van der Waals surface area contributed by atoms with E-state index in [9.17, 15) is 10.1 Å². The Labute approximate surface area is 76.3 Å². The van der Waals surface area contributed by atoms with E-state index in [0.717, 1.165) is 5.56 Å². The first kappa shape index (κ1) is 9.51. The number of nitro groups is 1. The second kappa shape index (κ2) is 3.89. The molecule has 0 aliphatic rings. The zero-order valence-electron chi connectivity index (χ0n) is 7.61. The Morgan fingerprint density at radius 1 is 1.54 bits per heavy atom. The first-order valence-corrected chi connectivity index (χ1v) is 3.89. The molecule has 0 N–H and O–H groups in total. The Morgan fingerprint density at radius 3 is 2.77 bits per heavy atom. The van der Waals surface area contributed by atoms with Crippen LogP contribution in [0, 0.1) is 17.0 Å². The Kier molecular flexibility index (Phi) is 2.84. The molecule has 0 atom stereocenters. The number of methoxy groups -OCH3 is 1. The van der Waals surface area contributed by atoms with Gasteiger partial charge in [0, 0.05) is 4.92 Å². The lowest BCUT2D eigenvalue weighted by molar-refractivity contribution is -0.496. The summed E-state index contributed by atoms with van der Waals surface area (Å²) in [5, 5.41) is 10.3. The number of aryl methyl sites for hydroxylation is 1. The van der Waals surface area contributed by atoms with Crippen LogP contribution in [0.4, 0.5) is 0 Å². The van der Waals surface area contributed by atoms with Crippen LogP contribution in [-0.2, 0) is 6.54 Å². The van der Waals surface area contributed by atoms with Gasteiger partial charge in [-0.3, -0.25) is 10.1 Å². The van der Waals surface area contributed by atoms with Crippen LogP contribution in [0.5, 0.6) is 5.75 Å². The summed E-state index contributed by atoms with van der Waals surface area (Å²) in [6.45, 7) is 1.70. The summed E-state index contributed by atoms with van der Waals surface area (Å²) in [5.41, 5.74) is 1.62. The van der Waals surface area contributed by atoms with E-state index >= 15 is 0 Å². The molecule has 1 aromatic rings. The molecule has 0 aliphatic heterocycles. The molecule has 1 rings (SSSR count). The number of nitrogens with zero attached hydrogens (tertiary/aromatic N) is 1. The third-order valence-electron chi connectivity index (χ3n) is 1.74. The highest BCUT2D eigenvalue weighted by molar-refractivity contribution is 5.36. The van der Waals surface area contributed by atoms with Gasteiger partial charge in [0.1, 0.15) is 5.75 Å². The molecule has 0 fully saturated rings. The van der Waals surface area contributed by atoms with Crippen LogP contribution in [0.25, 0.3) is 0 Å². The first-order valence-electron chi connectivity index (χ1n) is 3.89. The Bertz CT molecular complexity index is 323. The minimum Gasteiger partial charge on any atom is -0.496 e. The molecule has 1 aromatic carbocycles. The summed E-state index contributed by atoms with van der Waals surface area (Å²) >= 11 is 0. The van der Waals surface area contributed by atoms with E-state index in [1.165, 1.54) is 7.11 Å². The van der Waals surface area contributed by atoms with Crippen molar-refractivity contribution in [2.24, 2.45) is 0 Å². The van der Waals surface area contributed by atoms with Crippen LogP contribution in [0.15, 0.2) is 18.2 Å². The highest BCUT2D eigenvalue weighted by atomic mass is 16.6. The van der Waals surface area contributed by atoms with Gasteiger partial charge >= 0.3 is 0 Å². The average Bonchev–Trinajstić information content (AvgIpc) is 2.03. The van der Waals surface area contributed by atoms with Crippen molar-refractivity contribution < 1.29 is 9.66 Å². The van der Waals surface area contributed by atoms with Gasteiger partial charge in [0.2, 0.25) is 6.54 Å². The molecule has 0 unspecified atom stereocenters. The molecule has 0 aliphatic carbocycles. The Balaban J connectivity index is 3.01. The normalized spacial score (nSPS) is 9.69. The van der Waals surface area contributed by atoms with E-state index in [1.807, 2.05) is 13.0 Å². The van der Waals surface area contributed by atoms with Crippen molar-refractivity contribution in [3.05, 3.63) is 39.4 Å². The van der Waals surface area contributed by atoms with E-state index in [2.05, 4.69) is 0 Å². The standard InChI is InChI=1S/C9H11NO3/c1-7-3-4-9(13-2)8(5-7)6-10(11)12/h3-5H,6H2,1-2H3. The molecule has 0 bridgehead atoms. The molecule has 0 heterocycles. The summed E-state index contributed by atoms with van der Waals surface area (Å²) < 4.78 is 5.00. The number of hydrogen-bond acceptors (Lipinski definition) is 3. The minimum atomic E-state index is -0.364. The second-order valence-corrected chi connectivity index (χ2v) is 2.81. The van der Waals surface area contributed by atoms with Crippen molar-refractivity contribution in [1.82, 2.24) is 0 Å². The maximum atomic E-state index is 10.3. The van der Waals surface area contributed by atoms with Crippen LogP contribution >= 0.6 is 0 Å². The van der Waals surface area contributed by atoms with Crippen molar-refractivity contribution >= 4 is 0 Å². The Morgan fingerprint density at radius 2 is 2.23 bits per heavy atom. The van der Waals surface area contributed by atoms with Crippen LogP contribution in [0.2, 0.25) is 0 Å². The van der Waals surface area contributed by atoms with Crippen LogP contribution < -0.4 is 4.74 Å². The van der Waals surface area contributed by atoms with Crippen LogP contribution in [0.3, 0.4) is 0 Å². The number of benzene rings is 1. The summed E-state index contributed by atoms with van der Waals surface area (Å²) in [6.07, 6.45) is 0. The maximum absolute atomic E-state index is 10.3. The summed E-state index contributed by atoms with van der Waals surface area (Å²) in [6, 6.07) is 5.37. The molecule has 0 saturated heterocycles. The van der Waals surface area contributed by atoms with E-state index in [-0.39, 0.29) is 11.5 Å². The van der Waals surface area contributed by atoms with Gasteiger partial charge in [-0.2, -0.15) is 0 Å². The quantitative estimate of drug-likeness (QED) is 0.527. The molecule has 0 spiro atoms. The third-order valence-corrected chi connectivity index (χ3v) is 1.74. The summed E-state index contributed by atoms with van der Waals surface area (Å²) in [4.78, 5) is 9.93. The van der Waals surface area contributed by atoms with Gasteiger partial charge in [-0.15, -0.1) is 0 Å². The van der Waals surface area contributed by atoms with Gasteiger partial charge < -0.3 is 4.74 Å². The van der Waals surface area contributed by atoms with Crippen molar-refractivity contribution in [3.63, 3.8) is 0 Å². The van der Waals surface area contributed by atoms with E-state index in [0.29, 0.717) is 11.3 Å². The molecule has 4 heteroatoms. The second-order valence-electron chi connectivity index (χ2n) is 2.81. The minimum absolute atomic E-state index is 0.190. The van der Waals surface area contributed by atoms with Crippen molar-refractivity contribution in [1.29, 1.82) is 0 Å². The monoisotopic (exact) mass is 181 g/mol. The topological polar surface area (TPSA) is 52.4 Å². The largest absolute Gasteiger partial charge is 0.496 e. The van der Waals surface area contributed by atoms with Gasteiger partial charge in [0.15, 0.2) is 0 Å². The van der Waals surface area contributed by atoms with Crippen LogP contribution in [0.1, 0.15) is 11.1 Å². The fourth-order valence-corrected chi connectivity index (χ4v) is 1.17. The summed E-state index contributed by atoms with van der Waals surface area (Å²) in [7, 11) is 1.51. The average molecular weight is 181 g/mol. The molecule has 13 heavy (non-hydrogen) atoms. The van der Waals surface area contributed by atoms with Gasteiger partial charge in [0.25, 0.3) is 0 Å². The lowest BCUT2D eigenvalue weighted by atomic mass is 10.1. The third kappa shape index (κ3) is 2.43. The fourth-order valence-electron chi connectivity index (χ4n) is 1.17. The van der Waals surface area contributed by atoms with E-state index < -0.39 is 0 Å². The first-order chi connectivity index (χ1) is 6.13. The molecule has 0 aromatic heterocycles. The van der Waals surface area contributed by atoms with Crippen molar-refractivity contribution in [2.45, 2.75) is 13.5 Å². The van der Waals surface area contributed by atoms with Gasteiger partial charge in [-0.1, -0.05) is 11.6 Å². The smallest absolute Gasteiger partial charge is 0.232 e. The molecule has 0 radical (unpaired) electrons. The number of ether oxygens (including phenoxy) is 1. The maximum Gasteiger partial charge on any atom is 0.232 e. The molecular formula is C9H11NO3. The Hall–Kier alpha value is -1.58. The highest BCUT2D eigenvalue weighted by Gasteiger charge is 2.08. The lowest BCUT2D eigenvalue weighted by Gasteiger charge is -2.05. The molecular weight excluding hydrogens is 170 g/mol. The SMILES string of the molecule is COc1ccc(C)cc1C[N+](=O)[O-]. The van der Waals surface area contributed by atoms with Gasteiger partial charge in [-0.25, -0.2) is 0 Å². The van der Waals surface area contributed by atoms with Gasteiger partial charge in [0.05, 0.1) is 12.7 Å². The molecule has 0 amide bonds. The lowest BCUT2D eigenvalue weighted by Crippen LogP contribution is -2.01. The highest BCUT2D eigenvalue weighted by Crippen LogP contribution is 2.19. The van der Waals surface area contributed by atoms with Crippen molar-refractivity contribution in [2.75, 3.05) is 7.11 Å². The summed E-state index contributed by atoms with van der Waals surface area (Å²) in [5.74, 6) is 0.572. The fraction of sp³-hybridized carbons (Fsp3) is 0.333. The van der Waals surface area contributed by atoms with E-state index in [4.69, 9.17) is 4.74 Å². The van der Waals surface area contributed by atoms with E-state index in [1.54, 1.807) is 12.1 Å². The van der Waals surface area contributed by atoms with Crippen molar-refractivity contribution in [3.8, 4) is 5.75 Å².